The van der Waals surface area contributed by atoms with E-state index in [-0.39, 0.29) is 37.1 Å². The molecule has 13 heteroatoms. The summed E-state index contributed by atoms with van der Waals surface area (Å²) in [5.74, 6) is -0.313. The minimum atomic E-state index is -0.960. The smallest absolute Gasteiger partial charge is 0.262 e. The highest BCUT2D eigenvalue weighted by Crippen LogP contribution is 2.34. The van der Waals surface area contributed by atoms with E-state index in [0.717, 1.165) is 107 Å². The van der Waals surface area contributed by atoms with E-state index in [9.17, 15) is 19.2 Å². The van der Waals surface area contributed by atoms with Crippen molar-refractivity contribution in [2.24, 2.45) is 0 Å². The lowest BCUT2D eigenvalue weighted by Crippen LogP contribution is -2.54. The molecule has 0 spiro atoms. The van der Waals surface area contributed by atoms with Gasteiger partial charge >= 0.3 is 0 Å². The first-order valence-electron chi connectivity index (χ1n) is 21.7. The molecule has 7 rings (SSSR count). The van der Waals surface area contributed by atoms with Gasteiger partial charge in [-0.1, -0.05) is 44.5 Å². The largest absolute Gasteiger partial charge is 0.494 e. The SMILES string of the molecule is [2H]c1nccc(COc2ccc(C(C)(C)c3ccc(OCCCCCCOCCCCN4CCN(c5ccc6c(c5)C(=O)N(C5CCC(=O)NC5=O)C6=O)CC4)cc3)cc2)n1. The first-order chi connectivity index (χ1) is 29.6. The second-order valence-electron chi connectivity index (χ2n) is 16.2. The zero-order chi connectivity index (χ0) is 42.8. The van der Waals surface area contributed by atoms with Crippen LogP contribution in [0.1, 0.15) is 104 Å². The number of unbranched alkanes of at least 4 members (excludes halogenated alkanes) is 4. The van der Waals surface area contributed by atoms with Crippen LogP contribution in [0.4, 0.5) is 5.69 Å². The second-order valence-corrected chi connectivity index (χ2v) is 16.2. The van der Waals surface area contributed by atoms with E-state index in [1.54, 1.807) is 24.4 Å². The predicted molar refractivity (Wildman–Crippen MR) is 227 cm³/mol. The molecule has 0 bridgehead atoms. The molecule has 2 saturated heterocycles. The highest BCUT2D eigenvalue weighted by atomic mass is 16.5. The monoisotopic (exact) mass is 817 g/mol. The number of imide groups is 2. The van der Waals surface area contributed by atoms with Gasteiger partial charge < -0.3 is 19.1 Å². The zero-order valence-electron chi connectivity index (χ0n) is 35.7. The van der Waals surface area contributed by atoms with Crippen molar-refractivity contribution in [3.8, 4) is 11.5 Å². The summed E-state index contributed by atoms with van der Waals surface area (Å²) in [6.45, 7) is 11.4. The van der Waals surface area contributed by atoms with Crippen molar-refractivity contribution >= 4 is 29.3 Å². The molecule has 0 saturated carbocycles. The predicted octanol–water partition coefficient (Wildman–Crippen LogP) is 6.34. The van der Waals surface area contributed by atoms with Gasteiger partial charge in [0, 0.05) is 63.1 Å². The lowest BCUT2D eigenvalue weighted by atomic mass is 9.78. The van der Waals surface area contributed by atoms with Gasteiger partial charge in [0.2, 0.25) is 11.8 Å². The lowest BCUT2D eigenvalue weighted by Gasteiger charge is -2.36. The fourth-order valence-corrected chi connectivity index (χ4v) is 8.00. The highest BCUT2D eigenvalue weighted by Gasteiger charge is 2.44. The fraction of sp³-hybridized carbons (Fsp3) is 0.447. The Morgan fingerprint density at radius 1 is 0.750 bits per heavy atom. The van der Waals surface area contributed by atoms with Gasteiger partial charge in [-0.15, -0.1) is 0 Å². The van der Waals surface area contributed by atoms with Crippen LogP contribution in [0.3, 0.4) is 0 Å². The normalized spacial score (nSPS) is 17.4. The minimum absolute atomic E-state index is 0.0127. The topological polar surface area (TPSA) is 144 Å². The van der Waals surface area contributed by atoms with Gasteiger partial charge in [-0.2, -0.15) is 0 Å². The molecule has 1 N–H and O–H groups in total. The first-order valence-corrected chi connectivity index (χ1v) is 21.2. The quantitative estimate of drug-likeness (QED) is 0.0789. The maximum atomic E-state index is 13.2. The Hall–Kier alpha value is -5.66. The number of benzene rings is 3. The summed E-state index contributed by atoms with van der Waals surface area (Å²) in [6.07, 6.45) is 8.16. The van der Waals surface area contributed by atoms with E-state index >= 15 is 0 Å². The van der Waals surface area contributed by atoms with E-state index in [1.807, 2.05) is 18.2 Å². The molecule has 1 atom stereocenters. The molecule has 4 aromatic rings. The number of piperidine rings is 1. The molecule has 4 amide bonds. The molecule has 60 heavy (non-hydrogen) atoms. The van der Waals surface area contributed by atoms with Gasteiger partial charge in [-0.3, -0.25) is 34.3 Å². The maximum Gasteiger partial charge on any atom is 0.262 e. The number of aromatic nitrogens is 2. The number of carbonyl (C=O) groups excluding carboxylic acids is 4. The van der Waals surface area contributed by atoms with Crippen LogP contribution in [0.5, 0.6) is 11.5 Å². The van der Waals surface area contributed by atoms with Crippen LogP contribution >= 0.6 is 0 Å². The van der Waals surface area contributed by atoms with Crippen molar-refractivity contribution in [3.05, 3.63) is 113 Å². The summed E-state index contributed by atoms with van der Waals surface area (Å²) in [4.78, 5) is 63.8. The second kappa shape index (κ2) is 20.1. The molecular weight excluding hydrogens is 761 g/mol. The number of hydrogen-bond donors (Lipinski definition) is 1. The van der Waals surface area contributed by atoms with Crippen LogP contribution in [-0.2, 0) is 26.3 Å². The lowest BCUT2D eigenvalue weighted by molar-refractivity contribution is -0.136. The number of nitrogens with zero attached hydrogens (tertiary/aromatic N) is 5. The summed E-state index contributed by atoms with van der Waals surface area (Å²) in [5, 5.41) is 2.24. The third kappa shape index (κ3) is 10.6. The Balaban J connectivity index is 0.707. The van der Waals surface area contributed by atoms with Gasteiger partial charge in [-0.25, -0.2) is 9.97 Å². The molecule has 1 unspecified atom stereocenters. The van der Waals surface area contributed by atoms with Gasteiger partial charge in [-0.05, 0) is 105 Å². The molecule has 13 nitrogen and oxygen atoms in total. The number of ether oxygens (including phenoxy) is 3. The number of amides is 4. The summed E-state index contributed by atoms with van der Waals surface area (Å²) >= 11 is 0. The molecule has 4 heterocycles. The first kappa shape index (κ1) is 41.1. The van der Waals surface area contributed by atoms with E-state index in [1.165, 1.54) is 11.1 Å². The van der Waals surface area contributed by atoms with Crippen molar-refractivity contribution in [1.82, 2.24) is 25.1 Å². The third-order valence-electron chi connectivity index (χ3n) is 11.8. The minimum Gasteiger partial charge on any atom is -0.494 e. The van der Waals surface area contributed by atoms with Gasteiger partial charge in [0.15, 0.2) is 0 Å². The van der Waals surface area contributed by atoms with Gasteiger partial charge in [0.05, 0.1) is 23.4 Å². The number of anilines is 1. The summed E-state index contributed by atoms with van der Waals surface area (Å²) in [6, 6.07) is 22.6. The average Bonchev–Trinajstić information content (AvgIpc) is 3.51. The van der Waals surface area contributed by atoms with Gasteiger partial charge in [0.25, 0.3) is 11.8 Å². The van der Waals surface area contributed by atoms with Crippen molar-refractivity contribution in [2.45, 2.75) is 83.3 Å². The Kier molecular flexibility index (Phi) is 13.7. The van der Waals surface area contributed by atoms with Crippen LogP contribution in [0.25, 0.3) is 0 Å². The Morgan fingerprint density at radius 3 is 2.08 bits per heavy atom. The van der Waals surface area contributed by atoms with Gasteiger partial charge in [0.1, 0.15) is 31.8 Å². The molecule has 3 aliphatic rings. The molecular formula is C47H56N6O7. The molecule has 0 radical (unpaired) electrons. The molecule has 316 valence electrons. The Labute approximate surface area is 353 Å². The summed E-state index contributed by atoms with van der Waals surface area (Å²) in [7, 11) is 0. The van der Waals surface area contributed by atoms with E-state index in [2.05, 4.69) is 75.3 Å². The van der Waals surface area contributed by atoms with E-state index in [4.69, 9.17) is 15.6 Å². The maximum absolute atomic E-state index is 13.2. The number of fused-ring (bicyclic) bond motifs is 1. The molecule has 3 aliphatic heterocycles. The van der Waals surface area contributed by atoms with Crippen molar-refractivity contribution in [3.63, 3.8) is 0 Å². The summed E-state index contributed by atoms with van der Waals surface area (Å²) in [5.41, 5.74) is 4.37. The van der Waals surface area contributed by atoms with Crippen molar-refractivity contribution in [2.75, 3.05) is 57.4 Å². The molecule has 2 fully saturated rings. The fourth-order valence-electron chi connectivity index (χ4n) is 8.00. The summed E-state index contributed by atoms with van der Waals surface area (Å²) < 4.78 is 25.4. The number of piperazine rings is 1. The van der Waals surface area contributed by atoms with Crippen LogP contribution < -0.4 is 19.7 Å². The number of rotatable bonds is 20. The van der Waals surface area contributed by atoms with Crippen LogP contribution in [0, 0.1) is 0 Å². The standard InChI is InChI=1S/C47H56N6O7/c1-47(2,35-11-16-39(17-12-35)60-32-36-21-22-48-33-49-36)34-9-14-38(15-10-34)59-30-7-4-3-6-28-58-29-8-5-23-51-24-26-52(27-25-51)37-13-18-40-41(31-37)46(57)53(45(40)56)42-19-20-43(54)50-44(42)55/h9-18,21-22,31,33,42H,3-8,19-20,23-30,32H2,1-2H3,(H,50,54,55)/i33D. The van der Waals surface area contributed by atoms with Crippen molar-refractivity contribution < 1.29 is 34.8 Å². The van der Waals surface area contributed by atoms with Crippen LogP contribution in [0.2, 0.25) is 0 Å². The number of carbonyl (C=O) groups is 4. The number of hydrogen-bond acceptors (Lipinski definition) is 11. The Bertz CT molecular complexity index is 2160. The molecule has 0 aliphatic carbocycles. The zero-order valence-corrected chi connectivity index (χ0v) is 34.7. The Morgan fingerprint density at radius 2 is 1.40 bits per heavy atom. The van der Waals surface area contributed by atoms with Crippen LogP contribution in [-0.4, -0.2) is 102 Å². The van der Waals surface area contributed by atoms with Crippen molar-refractivity contribution in [1.29, 1.82) is 0 Å². The number of nitrogens with one attached hydrogen (secondary N) is 1. The highest BCUT2D eigenvalue weighted by molar-refractivity contribution is 6.23. The molecule has 1 aromatic heterocycles. The third-order valence-corrected chi connectivity index (χ3v) is 11.8. The van der Waals surface area contributed by atoms with Crippen LogP contribution in [0.15, 0.2) is 85.3 Å². The average molecular weight is 818 g/mol. The van der Waals surface area contributed by atoms with E-state index in [0.29, 0.717) is 23.4 Å². The molecule has 3 aromatic carbocycles. The van der Waals surface area contributed by atoms with E-state index < -0.39 is 23.8 Å².